The van der Waals surface area contributed by atoms with Gasteiger partial charge in [-0.3, -0.25) is 9.59 Å². The van der Waals surface area contributed by atoms with Crippen LogP contribution in [0.2, 0.25) is 5.02 Å². The highest BCUT2D eigenvalue weighted by molar-refractivity contribution is 6.31. The first-order valence-electron chi connectivity index (χ1n) is 12.1. The van der Waals surface area contributed by atoms with Crippen molar-refractivity contribution in [2.45, 2.75) is 19.8 Å². The van der Waals surface area contributed by atoms with Gasteiger partial charge >= 0.3 is 0 Å². The average Bonchev–Trinajstić information content (AvgIpc) is 2.88. The summed E-state index contributed by atoms with van der Waals surface area (Å²) < 4.78 is 0. The number of piperidine rings is 1. The number of likely N-dealkylation sites (N-methyl/N-ethyl adjacent to an activating group) is 1. The second kappa shape index (κ2) is 11.5. The topological polar surface area (TPSA) is 55.9 Å². The van der Waals surface area contributed by atoms with E-state index in [-0.39, 0.29) is 17.7 Å². The molecule has 0 radical (unpaired) electrons. The molecule has 0 spiro atoms. The van der Waals surface area contributed by atoms with Gasteiger partial charge in [-0.15, -0.1) is 0 Å². The molecule has 2 amide bonds. The van der Waals surface area contributed by atoms with Crippen molar-refractivity contribution < 1.29 is 9.59 Å². The van der Waals surface area contributed by atoms with Gasteiger partial charge in [0, 0.05) is 56.3 Å². The summed E-state index contributed by atoms with van der Waals surface area (Å²) in [6.07, 6.45) is 4.76. The minimum absolute atomic E-state index is 0.00244. The number of amides is 2. The second-order valence-corrected chi connectivity index (χ2v) is 9.35. The molecule has 0 atom stereocenters. The number of carbonyl (C=O) groups excluding carboxylic acids is 2. The zero-order valence-electron chi connectivity index (χ0n) is 19.8. The van der Waals surface area contributed by atoms with Gasteiger partial charge in [-0.2, -0.15) is 0 Å². The van der Waals surface area contributed by atoms with Crippen molar-refractivity contribution in [1.82, 2.24) is 9.80 Å². The van der Waals surface area contributed by atoms with Gasteiger partial charge in [-0.05, 0) is 49.2 Å². The average molecular weight is 481 g/mol. The number of hydrogen-bond donors (Lipinski definition) is 1. The summed E-state index contributed by atoms with van der Waals surface area (Å²) in [6.45, 7) is 8.28. The molecule has 2 aromatic rings. The van der Waals surface area contributed by atoms with E-state index in [4.69, 9.17) is 11.6 Å². The predicted molar refractivity (Wildman–Crippen MR) is 139 cm³/mol. The first kappa shape index (κ1) is 24.3. The number of halogens is 1. The molecule has 7 heteroatoms. The highest BCUT2D eigenvalue weighted by atomic mass is 35.5. The summed E-state index contributed by atoms with van der Waals surface area (Å²) in [6, 6.07) is 15.5. The molecule has 2 aromatic carbocycles. The van der Waals surface area contributed by atoms with E-state index in [1.807, 2.05) is 59.5 Å². The van der Waals surface area contributed by atoms with E-state index in [0.717, 1.165) is 49.7 Å². The van der Waals surface area contributed by atoms with Crippen molar-refractivity contribution in [1.29, 1.82) is 0 Å². The summed E-state index contributed by atoms with van der Waals surface area (Å²) in [4.78, 5) is 32.2. The van der Waals surface area contributed by atoms with Crippen LogP contribution in [0.4, 0.5) is 11.4 Å². The predicted octanol–water partition coefficient (Wildman–Crippen LogP) is 4.37. The Kier molecular flexibility index (Phi) is 8.25. The molecule has 1 N–H and O–H groups in total. The first-order valence-corrected chi connectivity index (χ1v) is 12.5. The molecule has 0 saturated carbocycles. The number of benzene rings is 2. The monoisotopic (exact) mass is 480 g/mol. The molecule has 0 bridgehead atoms. The number of nitrogens with zero attached hydrogens (tertiary/aromatic N) is 3. The quantitative estimate of drug-likeness (QED) is 0.624. The lowest BCUT2D eigenvalue weighted by molar-refractivity contribution is -0.130. The molecule has 2 aliphatic heterocycles. The summed E-state index contributed by atoms with van der Waals surface area (Å²) in [5.74, 6) is -0.125. The maximum atomic E-state index is 13.1. The van der Waals surface area contributed by atoms with Crippen molar-refractivity contribution >= 4 is 40.9 Å². The Labute approximate surface area is 207 Å². The van der Waals surface area contributed by atoms with Crippen LogP contribution in [-0.4, -0.2) is 67.4 Å². The molecule has 0 unspecified atom stereocenters. The van der Waals surface area contributed by atoms with E-state index in [0.29, 0.717) is 31.0 Å². The van der Waals surface area contributed by atoms with Crippen LogP contribution in [-0.2, 0) is 9.59 Å². The zero-order valence-corrected chi connectivity index (χ0v) is 20.5. The van der Waals surface area contributed by atoms with Crippen molar-refractivity contribution in [2.75, 3.05) is 56.0 Å². The molecule has 6 nitrogen and oxygen atoms in total. The van der Waals surface area contributed by atoms with Gasteiger partial charge in [0.05, 0.1) is 11.4 Å². The number of hydrogen-bond acceptors (Lipinski definition) is 4. The number of likely N-dealkylation sites (tertiary alicyclic amines) is 1. The Balaban J connectivity index is 1.33. The Morgan fingerprint density at radius 1 is 1.00 bits per heavy atom. The minimum Gasteiger partial charge on any atom is -0.367 e. The lowest BCUT2D eigenvalue weighted by Crippen LogP contribution is -2.46. The Morgan fingerprint density at radius 2 is 1.71 bits per heavy atom. The van der Waals surface area contributed by atoms with Crippen LogP contribution in [0.1, 0.15) is 25.3 Å². The molecule has 34 heavy (non-hydrogen) atoms. The third kappa shape index (κ3) is 6.19. The molecule has 2 aliphatic rings. The van der Waals surface area contributed by atoms with Gasteiger partial charge < -0.3 is 20.0 Å². The van der Waals surface area contributed by atoms with E-state index in [1.54, 1.807) is 6.08 Å². The number of anilines is 2. The summed E-state index contributed by atoms with van der Waals surface area (Å²) >= 11 is 6.27. The molecule has 4 rings (SSSR count). The Bertz CT molecular complexity index is 1010. The van der Waals surface area contributed by atoms with Gasteiger partial charge in [0.1, 0.15) is 0 Å². The minimum atomic E-state index is -0.120. The Hall–Kier alpha value is -2.83. The molecule has 0 aromatic heterocycles. The van der Waals surface area contributed by atoms with E-state index in [2.05, 4.69) is 22.0 Å². The zero-order chi connectivity index (χ0) is 23.9. The largest absolute Gasteiger partial charge is 0.367 e. The maximum absolute atomic E-state index is 13.1. The number of piperazine rings is 1. The van der Waals surface area contributed by atoms with Crippen LogP contribution < -0.4 is 10.2 Å². The lowest BCUT2D eigenvalue weighted by atomic mass is 9.95. The number of rotatable bonds is 6. The molecule has 2 fully saturated rings. The van der Waals surface area contributed by atoms with Crippen LogP contribution in [0.5, 0.6) is 0 Å². The fraction of sp³-hybridized carbons (Fsp3) is 0.407. The fourth-order valence-electron chi connectivity index (χ4n) is 4.62. The number of carbonyl (C=O) groups is 2. The van der Waals surface area contributed by atoms with Crippen molar-refractivity contribution in [3.63, 3.8) is 0 Å². The highest BCUT2D eigenvalue weighted by Gasteiger charge is 2.28. The molecular formula is C27H33ClN4O2. The van der Waals surface area contributed by atoms with Crippen molar-refractivity contribution in [3.05, 3.63) is 65.2 Å². The summed E-state index contributed by atoms with van der Waals surface area (Å²) in [5.41, 5.74) is 2.79. The van der Waals surface area contributed by atoms with Crippen LogP contribution in [0, 0.1) is 5.92 Å². The van der Waals surface area contributed by atoms with E-state index < -0.39 is 0 Å². The van der Waals surface area contributed by atoms with Crippen LogP contribution in [0.15, 0.2) is 54.6 Å². The van der Waals surface area contributed by atoms with E-state index in [1.165, 1.54) is 0 Å². The van der Waals surface area contributed by atoms with E-state index in [9.17, 15) is 9.59 Å². The maximum Gasteiger partial charge on any atom is 0.246 e. The molecule has 2 saturated heterocycles. The summed E-state index contributed by atoms with van der Waals surface area (Å²) in [5, 5.41) is 3.75. The second-order valence-electron chi connectivity index (χ2n) is 8.92. The third-order valence-corrected chi connectivity index (χ3v) is 7.01. The number of nitrogens with one attached hydrogen (secondary N) is 1. The smallest absolute Gasteiger partial charge is 0.246 e. The SMILES string of the molecule is CCN1CCN(c2ccc(Cl)cc2NC(=O)C2CCN(C(=O)/C=C/c3ccccc3)CC2)CC1. The van der Waals surface area contributed by atoms with Gasteiger partial charge in [-0.1, -0.05) is 48.9 Å². The van der Waals surface area contributed by atoms with Gasteiger partial charge in [0.25, 0.3) is 0 Å². The third-order valence-electron chi connectivity index (χ3n) is 6.77. The van der Waals surface area contributed by atoms with Gasteiger partial charge in [0.15, 0.2) is 0 Å². The Morgan fingerprint density at radius 3 is 2.38 bits per heavy atom. The summed E-state index contributed by atoms with van der Waals surface area (Å²) in [7, 11) is 0. The highest BCUT2D eigenvalue weighted by Crippen LogP contribution is 2.31. The molecular weight excluding hydrogens is 448 g/mol. The fourth-order valence-corrected chi connectivity index (χ4v) is 4.80. The molecule has 180 valence electrons. The first-order chi connectivity index (χ1) is 16.5. The normalized spacial score (nSPS) is 17.8. The van der Waals surface area contributed by atoms with Crippen molar-refractivity contribution in [2.24, 2.45) is 5.92 Å². The van der Waals surface area contributed by atoms with Crippen LogP contribution in [0.25, 0.3) is 6.08 Å². The van der Waals surface area contributed by atoms with Crippen molar-refractivity contribution in [3.8, 4) is 0 Å². The van der Waals surface area contributed by atoms with Crippen LogP contribution in [0.3, 0.4) is 0 Å². The van der Waals surface area contributed by atoms with Crippen LogP contribution >= 0.6 is 11.6 Å². The lowest BCUT2D eigenvalue weighted by Gasteiger charge is -2.36. The van der Waals surface area contributed by atoms with Gasteiger partial charge in [-0.25, -0.2) is 0 Å². The standard InChI is InChI=1S/C27H33ClN4O2/c1-2-30-16-18-31(19-17-30)25-10-9-23(28)20-24(25)29-27(34)22-12-14-32(15-13-22)26(33)11-8-21-6-4-3-5-7-21/h3-11,20,22H,2,12-19H2,1H3,(H,29,34)/b11-8+. The van der Waals surface area contributed by atoms with Gasteiger partial charge in [0.2, 0.25) is 11.8 Å². The van der Waals surface area contributed by atoms with E-state index >= 15 is 0 Å². The molecule has 0 aliphatic carbocycles. The molecule has 2 heterocycles.